The molecule has 0 aliphatic rings. The lowest BCUT2D eigenvalue weighted by molar-refractivity contribution is 0.415. The Kier molecular flexibility index (Phi) is 5.38. The first-order chi connectivity index (χ1) is 19.2. The molecule has 2 aromatic heterocycles. The van der Waals surface area contributed by atoms with E-state index in [1.807, 2.05) is 12.2 Å². The van der Waals surface area contributed by atoms with Crippen LogP contribution >= 0.6 is 0 Å². The standard InChI is InChI=1S/C36H28N2O/c1-4-24-10-12-26(13-11-24)23-37-32-20-18-28(39-3)22-31(32)29-19-21-34-35(36(29)37)30-8-6-7-9-33(30)38(34)27-16-14-25(5-2)15-17-27/h4-22H,1-2,23H2,3H3. The number of rotatable bonds is 6. The molecule has 0 aliphatic heterocycles. The summed E-state index contributed by atoms with van der Waals surface area (Å²) in [7, 11) is 1.73. The zero-order chi connectivity index (χ0) is 26.5. The summed E-state index contributed by atoms with van der Waals surface area (Å²) in [6.07, 6.45) is 3.77. The van der Waals surface area contributed by atoms with E-state index in [4.69, 9.17) is 4.74 Å². The van der Waals surface area contributed by atoms with Crippen LogP contribution in [0.4, 0.5) is 0 Å². The third kappa shape index (κ3) is 3.58. The molecular formula is C36H28N2O. The fourth-order valence-electron chi connectivity index (χ4n) is 5.90. The van der Waals surface area contributed by atoms with Crippen molar-refractivity contribution in [2.75, 3.05) is 7.11 Å². The van der Waals surface area contributed by atoms with Crippen LogP contribution in [0.2, 0.25) is 0 Å². The third-order valence-electron chi connectivity index (χ3n) is 7.81. The van der Waals surface area contributed by atoms with Crippen LogP contribution in [-0.4, -0.2) is 16.2 Å². The Bertz CT molecular complexity index is 2040. The number of hydrogen-bond acceptors (Lipinski definition) is 1. The summed E-state index contributed by atoms with van der Waals surface area (Å²) in [6.45, 7) is 8.59. The van der Waals surface area contributed by atoms with E-state index in [0.29, 0.717) is 0 Å². The third-order valence-corrected chi connectivity index (χ3v) is 7.81. The van der Waals surface area contributed by atoms with Crippen molar-refractivity contribution in [3.63, 3.8) is 0 Å². The minimum Gasteiger partial charge on any atom is -0.497 e. The summed E-state index contributed by atoms with van der Waals surface area (Å²) in [4.78, 5) is 0. The van der Waals surface area contributed by atoms with Crippen molar-refractivity contribution in [1.82, 2.24) is 9.13 Å². The van der Waals surface area contributed by atoms with E-state index in [-0.39, 0.29) is 0 Å². The van der Waals surface area contributed by atoms with E-state index in [9.17, 15) is 0 Å². The van der Waals surface area contributed by atoms with Crippen molar-refractivity contribution in [3.8, 4) is 11.4 Å². The van der Waals surface area contributed by atoms with E-state index in [2.05, 4.69) is 125 Å². The molecule has 3 nitrogen and oxygen atoms in total. The largest absolute Gasteiger partial charge is 0.497 e. The molecule has 7 rings (SSSR count). The summed E-state index contributed by atoms with van der Waals surface area (Å²) in [6, 6.07) is 36.9. The summed E-state index contributed by atoms with van der Waals surface area (Å²) >= 11 is 0. The lowest BCUT2D eigenvalue weighted by Gasteiger charge is -2.11. The average Bonchev–Trinajstić information content (AvgIpc) is 3.49. The maximum absolute atomic E-state index is 5.63. The molecule has 188 valence electrons. The highest BCUT2D eigenvalue weighted by Crippen LogP contribution is 2.41. The van der Waals surface area contributed by atoms with Crippen molar-refractivity contribution >= 4 is 55.8 Å². The second kappa shape index (κ2) is 9.07. The highest BCUT2D eigenvalue weighted by Gasteiger charge is 2.20. The normalized spacial score (nSPS) is 11.5. The zero-order valence-corrected chi connectivity index (χ0v) is 21.9. The van der Waals surface area contributed by atoms with Crippen LogP contribution in [0.5, 0.6) is 5.75 Å². The molecule has 7 aromatic rings. The van der Waals surface area contributed by atoms with Crippen LogP contribution in [-0.2, 0) is 6.54 Å². The summed E-state index contributed by atoms with van der Waals surface area (Å²) in [5.74, 6) is 0.863. The molecule has 0 N–H and O–H groups in total. The van der Waals surface area contributed by atoms with Gasteiger partial charge in [0.1, 0.15) is 5.75 Å². The zero-order valence-electron chi connectivity index (χ0n) is 21.9. The van der Waals surface area contributed by atoms with Gasteiger partial charge in [0.05, 0.1) is 23.7 Å². The van der Waals surface area contributed by atoms with Gasteiger partial charge in [0, 0.05) is 39.3 Å². The molecule has 0 fully saturated rings. The molecule has 0 saturated heterocycles. The molecule has 0 saturated carbocycles. The second-order valence-electron chi connectivity index (χ2n) is 9.92. The smallest absolute Gasteiger partial charge is 0.119 e. The molecule has 2 heterocycles. The average molecular weight is 505 g/mol. The summed E-state index contributed by atoms with van der Waals surface area (Å²) < 4.78 is 10.5. The molecule has 0 spiro atoms. The number of para-hydroxylation sites is 1. The van der Waals surface area contributed by atoms with Crippen molar-refractivity contribution in [3.05, 3.63) is 133 Å². The second-order valence-corrected chi connectivity index (χ2v) is 9.92. The summed E-state index contributed by atoms with van der Waals surface area (Å²) in [5.41, 5.74) is 9.42. The number of ether oxygens (including phenoxy) is 1. The van der Waals surface area contributed by atoms with Crippen molar-refractivity contribution in [1.29, 1.82) is 0 Å². The van der Waals surface area contributed by atoms with Crippen LogP contribution in [0.25, 0.3) is 61.5 Å². The van der Waals surface area contributed by atoms with Gasteiger partial charge in [-0.1, -0.05) is 86.0 Å². The van der Waals surface area contributed by atoms with E-state index in [1.165, 1.54) is 49.2 Å². The monoisotopic (exact) mass is 504 g/mol. The number of benzene rings is 5. The first kappa shape index (κ1) is 23.1. The van der Waals surface area contributed by atoms with E-state index in [1.54, 1.807) is 7.11 Å². The quantitative estimate of drug-likeness (QED) is 0.221. The number of methoxy groups -OCH3 is 1. The molecule has 0 atom stereocenters. The highest BCUT2D eigenvalue weighted by molar-refractivity contribution is 6.25. The lowest BCUT2D eigenvalue weighted by Crippen LogP contribution is -2.00. The molecule has 5 aromatic carbocycles. The van der Waals surface area contributed by atoms with Crippen LogP contribution in [0.15, 0.2) is 116 Å². The van der Waals surface area contributed by atoms with Crippen LogP contribution in [0.3, 0.4) is 0 Å². The summed E-state index contributed by atoms with van der Waals surface area (Å²) in [5, 5.41) is 4.92. The van der Waals surface area contributed by atoms with Crippen molar-refractivity contribution in [2.24, 2.45) is 0 Å². The Morgan fingerprint density at radius 1 is 0.667 bits per heavy atom. The number of fused-ring (bicyclic) bond motifs is 7. The van der Waals surface area contributed by atoms with Gasteiger partial charge in [-0.05, 0) is 59.2 Å². The van der Waals surface area contributed by atoms with Crippen molar-refractivity contribution in [2.45, 2.75) is 6.54 Å². The maximum atomic E-state index is 5.63. The van der Waals surface area contributed by atoms with Gasteiger partial charge in [-0.15, -0.1) is 0 Å². The van der Waals surface area contributed by atoms with Gasteiger partial charge in [-0.2, -0.15) is 0 Å². The molecule has 0 aliphatic carbocycles. The number of aromatic nitrogens is 2. The molecular weight excluding hydrogens is 476 g/mol. The molecule has 39 heavy (non-hydrogen) atoms. The molecule has 3 heteroatoms. The van der Waals surface area contributed by atoms with Gasteiger partial charge in [-0.25, -0.2) is 0 Å². The fraction of sp³-hybridized carbons (Fsp3) is 0.0556. The number of hydrogen-bond donors (Lipinski definition) is 0. The van der Waals surface area contributed by atoms with Gasteiger partial charge in [0.2, 0.25) is 0 Å². The minimum absolute atomic E-state index is 0.760. The Labute approximate surface area is 227 Å². The molecule has 0 radical (unpaired) electrons. The van der Waals surface area contributed by atoms with Crippen molar-refractivity contribution < 1.29 is 4.74 Å². The fourth-order valence-corrected chi connectivity index (χ4v) is 5.90. The van der Waals surface area contributed by atoms with Crippen LogP contribution in [0.1, 0.15) is 16.7 Å². The topological polar surface area (TPSA) is 19.1 Å². The molecule has 0 unspecified atom stereocenters. The van der Waals surface area contributed by atoms with Gasteiger partial charge >= 0.3 is 0 Å². The highest BCUT2D eigenvalue weighted by atomic mass is 16.5. The van der Waals surface area contributed by atoms with E-state index in [0.717, 1.165) is 29.1 Å². The Balaban J connectivity index is 1.60. The van der Waals surface area contributed by atoms with Gasteiger partial charge < -0.3 is 13.9 Å². The predicted molar refractivity (Wildman–Crippen MR) is 166 cm³/mol. The molecule has 0 bridgehead atoms. The maximum Gasteiger partial charge on any atom is 0.119 e. The first-order valence-electron chi connectivity index (χ1n) is 13.2. The van der Waals surface area contributed by atoms with Crippen LogP contribution in [0, 0.1) is 0 Å². The Hall–Kier alpha value is -5.02. The minimum atomic E-state index is 0.760. The van der Waals surface area contributed by atoms with Crippen LogP contribution < -0.4 is 4.74 Å². The number of nitrogens with zero attached hydrogens (tertiary/aromatic N) is 2. The lowest BCUT2D eigenvalue weighted by atomic mass is 10.1. The Morgan fingerprint density at radius 3 is 2.08 bits per heavy atom. The van der Waals surface area contributed by atoms with Gasteiger partial charge in [-0.3, -0.25) is 0 Å². The van der Waals surface area contributed by atoms with Gasteiger partial charge in [0.15, 0.2) is 0 Å². The van der Waals surface area contributed by atoms with E-state index < -0.39 is 0 Å². The van der Waals surface area contributed by atoms with Gasteiger partial charge in [0.25, 0.3) is 0 Å². The first-order valence-corrected chi connectivity index (χ1v) is 13.2. The molecule has 0 amide bonds. The SMILES string of the molecule is C=Cc1ccc(Cn2c3ccc(OC)cc3c3ccc4c(c5ccccc5n4-c4ccc(C=C)cc4)c32)cc1. The van der Waals surface area contributed by atoms with E-state index >= 15 is 0 Å². The Morgan fingerprint density at radius 2 is 1.36 bits per heavy atom. The predicted octanol–water partition coefficient (Wildman–Crippen LogP) is 9.23.